The van der Waals surface area contributed by atoms with Crippen LogP contribution in [0.1, 0.15) is 32.1 Å². The lowest BCUT2D eigenvalue weighted by molar-refractivity contribution is -0.0948. The number of fused-ring (bicyclic) bond motifs is 1. The number of nitrogens with zero attached hydrogens (tertiary/aromatic N) is 3. The minimum atomic E-state index is -1.62. The Labute approximate surface area is 138 Å². The molecule has 0 bridgehead atoms. The Kier molecular flexibility index (Phi) is 4.19. The van der Waals surface area contributed by atoms with Gasteiger partial charge in [-0.3, -0.25) is 0 Å². The van der Waals surface area contributed by atoms with Gasteiger partial charge in [-0.05, 0) is 6.92 Å². The SMILES string of the molecule is CCC#Cc1cn(C2OC(CO)[C@@H](O)[C@@]2(C)O)c2ncnc(N)c12. The first kappa shape index (κ1) is 16.7. The van der Waals surface area contributed by atoms with Crippen LogP contribution in [-0.2, 0) is 4.74 Å². The van der Waals surface area contributed by atoms with E-state index < -0.39 is 30.6 Å². The normalized spacial score (nSPS) is 29.6. The third kappa shape index (κ3) is 2.42. The van der Waals surface area contributed by atoms with E-state index in [2.05, 4.69) is 21.8 Å². The Balaban J connectivity index is 2.19. The van der Waals surface area contributed by atoms with Crippen molar-refractivity contribution in [2.45, 2.75) is 44.3 Å². The van der Waals surface area contributed by atoms with Crippen LogP contribution >= 0.6 is 0 Å². The van der Waals surface area contributed by atoms with Crippen molar-refractivity contribution in [3.63, 3.8) is 0 Å². The van der Waals surface area contributed by atoms with E-state index >= 15 is 0 Å². The van der Waals surface area contributed by atoms with E-state index in [0.717, 1.165) is 0 Å². The van der Waals surface area contributed by atoms with Gasteiger partial charge >= 0.3 is 0 Å². The molecule has 2 aromatic heterocycles. The molecule has 4 atom stereocenters. The number of aliphatic hydroxyl groups is 3. The van der Waals surface area contributed by atoms with Crippen molar-refractivity contribution in [3.8, 4) is 11.8 Å². The van der Waals surface area contributed by atoms with Gasteiger partial charge in [0.1, 0.15) is 35.6 Å². The zero-order valence-corrected chi connectivity index (χ0v) is 13.5. The van der Waals surface area contributed by atoms with Crippen LogP contribution in [0.15, 0.2) is 12.5 Å². The van der Waals surface area contributed by atoms with Crippen molar-refractivity contribution < 1.29 is 20.1 Å². The molecule has 1 fully saturated rings. The van der Waals surface area contributed by atoms with Gasteiger partial charge in [0.25, 0.3) is 0 Å². The van der Waals surface area contributed by atoms with Gasteiger partial charge in [0.15, 0.2) is 6.23 Å². The summed E-state index contributed by atoms with van der Waals surface area (Å²) >= 11 is 0. The van der Waals surface area contributed by atoms with E-state index in [4.69, 9.17) is 10.5 Å². The third-order valence-corrected chi connectivity index (χ3v) is 4.23. The molecule has 0 saturated carbocycles. The monoisotopic (exact) mass is 332 g/mol. The Bertz CT molecular complexity index is 821. The second-order valence-electron chi connectivity index (χ2n) is 5.94. The molecule has 0 aliphatic carbocycles. The summed E-state index contributed by atoms with van der Waals surface area (Å²) in [6, 6.07) is 0. The number of nitrogen functional groups attached to an aromatic ring is 1. The van der Waals surface area contributed by atoms with Crippen molar-refractivity contribution in [1.82, 2.24) is 14.5 Å². The van der Waals surface area contributed by atoms with E-state index in [9.17, 15) is 15.3 Å². The zero-order chi connectivity index (χ0) is 17.5. The van der Waals surface area contributed by atoms with E-state index in [1.807, 2.05) is 6.92 Å². The molecule has 5 N–H and O–H groups in total. The summed E-state index contributed by atoms with van der Waals surface area (Å²) in [6.45, 7) is 2.97. The summed E-state index contributed by atoms with van der Waals surface area (Å²) in [5.41, 5.74) is 5.41. The van der Waals surface area contributed by atoms with Gasteiger partial charge in [-0.1, -0.05) is 18.8 Å². The molecular formula is C16H20N4O4. The molecule has 1 aliphatic rings. The molecule has 0 radical (unpaired) electrons. The Morgan fingerprint density at radius 2 is 2.21 bits per heavy atom. The van der Waals surface area contributed by atoms with Crippen molar-refractivity contribution in [2.24, 2.45) is 0 Å². The molecule has 128 valence electrons. The van der Waals surface area contributed by atoms with Gasteiger partial charge < -0.3 is 30.4 Å². The highest BCUT2D eigenvalue weighted by Gasteiger charge is 2.53. The van der Waals surface area contributed by atoms with Crippen molar-refractivity contribution in [1.29, 1.82) is 0 Å². The van der Waals surface area contributed by atoms with Crippen molar-refractivity contribution >= 4 is 16.9 Å². The fourth-order valence-corrected chi connectivity index (χ4v) is 2.96. The van der Waals surface area contributed by atoms with Crippen LogP contribution in [0.25, 0.3) is 11.0 Å². The second kappa shape index (κ2) is 6.03. The van der Waals surface area contributed by atoms with Crippen LogP contribution in [-0.4, -0.2) is 54.3 Å². The summed E-state index contributed by atoms with van der Waals surface area (Å²) in [5, 5.41) is 30.8. The lowest BCUT2D eigenvalue weighted by Crippen LogP contribution is -2.44. The first-order chi connectivity index (χ1) is 11.4. The lowest BCUT2D eigenvalue weighted by atomic mass is 9.96. The zero-order valence-electron chi connectivity index (χ0n) is 13.5. The molecule has 0 aromatic carbocycles. The summed E-state index contributed by atoms with van der Waals surface area (Å²) < 4.78 is 7.23. The number of anilines is 1. The maximum Gasteiger partial charge on any atom is 0.167 e. The molecule has 1 saturated heterocycles. The van der Waals surface area contributed by atoms with Crippen LogP contribution in [0, 0.1) is 11.8 Å². The molecule has 8 nitrogen and oxygen atoms in total. The Hall–Kier alpha value is -2.18. The number of rotatable bonds is 2. The summed E-state index contributed by atoms with van der Waals surface area (Å²) in [5.74, 6) is 6.25. The average Bonchev–Trinajstić information content (AvgIpc) is 3.02. The predicted octanol–water partition coefficient (Wildman–Crippen LogP) is -0.223. The average molecular weight is 332 g/mol. The van der Waals surface area contributed by atoms with Crippen molar-refractivity contribution in [3.05, 3.63) is 18.1 Å². The highest BCUT2D eigenvalue weighted by molar-refractivity contribution is 5.92. The molecule has 3 heterocycles. The Morgan fingerprint density at radius 3 is 2.83 bits per heavy atom. The number of aromatic nitrogens is 3. The minimum absolute atomic E-state index is 0.274. The topological polar surface area (TPSA) is 127 Å². The Morgan fingerprint density at radius 1 is 1.46 bits per heavy atom. The van der Waals surface area contributed by atoms with Gasteiger partial charge in [0, 0.05) is 12.6 Å². The van der Waals surface area contributed by atoms with Gasteiger partial charge in [0.05, 0.1) is 17.6 Å². The number of hydrogen-bond donors (Lipinski definition) is 4. The fraction of sp³-hybridized carbons (Fsp3) is 0.500. The number of nitrogens with two attached hydrogens (primary N) is 1. The first-order valence-corrected chi connectivity index (χ1v) is 7.68. The van der Waals surface area contributed by atoms with Crippen LogP contribution < -0.4 is 5.73 Å². The number of hydrogen-bond acceptors (Lipinski definition) is 7. The van der Waals surface area contributed by atoms with Gasteiger partial charge in [-0.15, -0.1) is 0 Å². The molecule has 24 heavy (non-hydrogen) atoms. The maximum absolute atomic E-state index is 10.7. The minimum Gasteiger partial charge on any atom is -0.394 e. The van der Waals surface area contributed by atoms with E-state index in [1.54, 1.807) is 10.8 Å². The van der Waals surface area contributed by atoms with Crippen LogP contribution in [0.5, 0.6) is 0 Å². The smallest absolute Gasteiger partial charge is 0.167 e. The molecule has 0 amide bonds. The molecule has 8 heteroatoms. The van der Waals surface area contributed by atoms with Gasteiger partial charge in [-0.25, -0.2) is 9.97 Å². The molecule has 1 aliphatic heterocycles. The number of aliphatic hydroxyl groups excluding tert-OH is 2. The summed E-state index contributed by atoms with van der Waals surface area (Å²) in [7, 11) is 0. The number of ether oxygens (including phenoxy) is 1. The molecule has 0 spiro atoms. The highest BCUT2D eigenvalue weighted by Crippen LogP contribution is 2.40. The van der Waals surface area contributed by atoms with Crippen LogP contribution in [0.3, 0.4) is 0 Å². The van der Waals surface area contributed by atoms with E-state index in [0.29, 0.717) is 23.0 Å². The fourth-order valence-electron chi connectivity index (χ4n) is 2.96. The molecule has 2 unspecified atom stereocenters. The standard InChI is InChI=1S/C16H20N4O4/c1-3-4-5-9-6-20(14-11(9)13(17)18-8-19-14)15-16(2,23)12(22)10(7-21)24-15/h6,8,10,12,15,21-23H,3,7H2,1-2H3,(H2,17,18,19)/t10?,12-,15?,16-/m1/s1. The van der Waals surface area contributed by atoms with E-state index in [1.165, 1.54) is 13.3 Å². The third-order valence-electron chi connectivity index (χ3n) is 4.23. The largest absolute Gasteiger partial charge is 0.394 e. The van der Waals surface area contributed by atoms with Crippen molar-refractivity contribution in [2.75, 3.05) is 12.3 Å². The molecular weight excluding hydrogens is 312 g/mol. The lowest BCUT2D eigenvalue weighted by Gasteiger charge is -2.27. The van der Waals surface area contributed by atoms with Crippen LogP contribution in [0.4, 0.5) is 5.82 Å². The van der Waals surface area contributed by atoms with Crippen LogP contribution in [0.2, 0.25) is 0 Å². The second-order valence-corrected chi connectivity index (χ2v) is 5.94. The molecule has 3 rings (SSSR count). The summed E-state index contributed by atoms with van der Waals surface area (Å²) in [6.07, 6.45) is 0.571. The maximum atomic E-state index is 10.7. The van der Waals surface area contributed by atoms with E-state index in [-0.39, 0.29) is 5.82 Å². The van der Waals surface area contributed by atoms with Gasteiger partial charge in [0.2, 0.25) is 0 Å². The first-order valence-electron chi connectivity index (χ1n) is 7.68. The molecule has 2 aromatic rings. The highest BCUT2D eigenvalue weighted by atomic mass is 16.6. The quantitative estimate of drug-likeness (QED) is 0.560. The predicted molar refractivity (Wildman–Crippen MR) is 86.7 cm³/mol. The summed E-state index contributed by atoms with van der Waals surface area (Å²) in [4.78, 5) is 8.22. The van der Waals surface area contributed by atoms with Gasteiger partial charge in [-0.2, -0.15) is 0 Å².